The maximum atomic E-state index is 12.8. The molecule has 2 aromatic rings. The van der Waals surface area contributed by atoms with E-state index >= 15 is 0 Å². The van der Waals surface area contributed by atoms with Crippen LogP contribution in [0.1, 0.15) is 24.9 Å². The number of anilines is 1. The predicted molar refractivity (Wildman–Crippen MR) is 101 cm³/mol. The molecule has 0 aromatic heterocycles. The first-order valence-corrected chi connectivity index (χ1v) is 10.3. The van der Waals surface area contributed by atoms with Crippen molar-refractivity contribution in [2.45, 2.75) is 25.5 Å². The summed E-state index contributed by atoms with van der Waals surface area (Å²) in [5, 5.41) is 2.97. The lowest BCUT2D eigenvalue weighted by molar-refractivity contribution is -0.128. The topological polar surface area (TPSA) is 75.7 Å². The van der Waals surface area contributed by atoms with Gasteiger partial charge in [0, 0.05) is 0 Å². The van der Waals surface area contributed by atoms with E-state index in [1.54, 1.807) is 24.3 Å². The van der Waals surface area contributed by atoms with Gasteiger partial charge in [-0.2, -0.15) is 0 Å². The van der Waals surface area contributed by atoms with Crippen LogP contribution >= 0.6 is 0 Å². The third-order valence-corrected chi connectivity index (χ3v) is 5.50. The number of carbonyl (C=O) groups is 1. The highest BCUT2D eigenvalue weighted by Crippen LogP contribution is 2.34. The van der Waals surface area contributed by atoms with Gasteiger partial charge in [-0.25, -0.2) is 8.42 Å². The minimum Gasteiger partial charge on any atom is -0.476 e. The zero-order chi connectivity index (χ0) is 18.7. The van der Waals surface area contributed by atoms with Crippen molar-refractivity contribution in [1.82, 2.24) is 5.32 Å². The van der Waals surface area contributed by atoms with Crippen molar-refractivity contribution >= 4 is 21.6 Å². The molecule has 1 amide bonds. The van der Waals surface area contributed by atoms with Gasteiger partial charge >= 0.3 is 0 Å². The molecule has 1 aliphatic heterocycles. The number of rotatable bonds is 5. The third kappa shape index (κ3) is 3.83. The van der Waals surface area contributed by atoms with E-state index in [1.165, 1.54) is 4.31 Å². The molecule has 2 aromatic carbocycles. The van der Waals surface area contributed by atoms with Gasteiger partial charge in [-0.05, 0) is 24.1 Å². The first-order valence-electron chi connectivity index (χ1n) is 8.49. The van der Waals surface area contributed by atoms with Gasteiger partial charge in [0.25, 0.3) is 5.91 Å². The molecule has 0 saturated carbocycles. The normalized spacial score (nSPS) is 17.8. The van der Waals surface area contributed by atoms with Gasteiger partial charge in [0.05, 0.1) is 24.5 Å². The molecule has 0 aliphatic carbocycles. The fraction of sp³-hybridized carbons (Fsp3) is 0.316. The number of amides is 1. The van der Waals surface area contributed by atoms with Gasteiger partial charge in [-0.1, -0.05) is 49.4 Å². The quantitative estimate of drug-likeness (QED) is 0.872. The zero-order valence-electron chi connectivity index (χ0n) is 14.8. The number of sulfonamides is 1. The molecule has 2 atom stereocenters. The second-order valence-electron chi connectivity index (χ2n) is 6.25. The molecule has 0 radical (unpaired) electrons. The van der Waals surface area contributed by atoms with Crippen LogP contribution in [-0.2, 0) is 14.8 Å². The summed E-state index contributed by atoms with van der Waals surface area (Å²) < 4.78 is 31.3. The van der Waals surface area contributed by atoms with Crippen molar-refractivity contribution in [3.63, 3.8) is 0 Å². The number of carbonyl (C=O) groups excluding carboxylic acids is 1. The van der Waals surface area contributed by atoms with E-state index in [-0.39, 0.29) is 18.5 Å². The van der Waals surface area contributed by atoms with E-state index in [9.17, 15) is 13.2 Å². The number of benzene rings is 2. The van der Waals surface area contributed by atoms with E-state index in [4.69, 9.17) is 4.74 Å². The van der Waals surface area contributed by atoms with Crippen molar-refractivity contribution in [2.24, 2.45) is 0 Å². The van der Waals surface area contributed by atoms with Crippen molar-refractivity contribution in [2.75, 3.05) is 17.1 Å². The van der Waals surface area contributed by atoms with Crippen molar-refractivity contribution in [1.29, 1.82) is 0 Å². The van der Waals surface area contributed by atoms with Crippen LogP contribution in [0.5, 0.6) is 5.75 Å². The molecule has 138 valence electrons. The number of fused-ring (bicyclic) bond motifs is 1. The van der Waals surface area contributed by atoms with Crippen LogP contribution in [0.4, 0.5) is 5.69 Å². The van der Waals surface area contributed by atoms with E-state index in [2.05, 4.69) is 5.32 Å². The summed E-state index contributed by atoms with van der Waals surface area (Å²) in [4.78, 5) is 12.8. The van der Waals surface area contributed by atoms with Crippen LogP contribution in [0, 0.1) is 0 Å². The number of nitrogens with zero attached hydrogens (tertiary/aromatic N) is 1. The van der Waals surface area contributed by atoms with Gasteiger partial charge in [-0.3, -0.25) is 9.10 Å². The molecule has 0 fully saturated rings. The molecular formula is C19H22N2O4S. The van der Waals surface area contributed by atoms with Crippen molar-refractivity contribution in [3.8, 4) is 5.75 Å². The lowest BCUT2D eigenvalue weighted by Crippen LogP contribution is -2.51. The van der Waals surface area contributed by atoms with Crippen LogP contribution in [0.3, 0.4) is 0 Å². The summed E-state index contributed by atoms with van der Waals surface area (Å²) >= 11 is 0. The Balaban J connectivity index is 1.82. The van der Waals surface area contributed by atoms with Crippen LogP contribution < -0.4 is 14.4 Å². The fourth-order valence-corrected chi connectivity index (χ4v) is 3.94. The first-order chi connectivity index (χ1) is 12.4. The Hall–Kier alpha value is -2.54. The van der Waals surface area contributed by atoms with E-state index < -0.39 is 16.1 Å². The van der Waals surface area contributed by atoms with Gasteiger partial charge in [0.2, 0.25) is 10.0 Å². The highest BCUT2D eigenvalue weighted by Gasteiger charge is 2.35. The standard InChI is InChI=1S/C19H22N2O4S/c1-3-15(14-9-5-4-6-10-14)20-19(22)18-13-21(26(2,23)24)16-11-7-8-12-17(16)25-18/h4-12,15,18H,3,13H2,1-2H3,(H,20,22)/t15-,18-/m1/s1. The largest absolute Gasteiger partial charge is 0.476 e. The van der Waals surface area contributed by atoms with Crippen molar-refractivity contribution < 1.29 is 17.9 Å². The molecule has 1 heterocycles. The fourth-order valence-electron chi connectivity index (χ4n) is 3.02. The molecule has 0 saturated heterocycles. The lowest BCUT2D eigenvalue weighted by atomic mass is 10.0. The van der Waals surface area contributed by atoms with Crippen LogP contribution in [0.25, 0.3) is 0 Å². The Labute approximate surface area is 153 Å². The monoisotopic (exact) mass is 374 g/mol. The molecule has 7 heteroatoms. The van der Waals surface area contributed by atoms with Crippen LogP contribution in [0.2, 0.25) is 0 Å². The summed E-state index contributed by atoms with van der Waals surface area (Å²) in [7, 11) is -3.52. The summed E-state index contributed by atoms with van der Waals surface area (Å²) in [6, 6.07) is 16.3. The van der Waals surface area contributed by atoms with Crippen LogP contribution in [0.15, 0.2) is 54.6 Å². The molecule has 3 rings (SSSR count). The van der Waals surface area contributed by atoms with Gasteiger partial charge in [0.15, 0.2) is 6.10 Å². The summed E-state index contributed by atoms with van der Waals surface area (Å²) in [6.07, 6.45) is 0.940. The Morgan fingerprint density at radius 3 is 2.50 bits per heavy atom. The number of para-hydroxylation sites is 2. The molecule has 26 heavy (non-hydrogen) atoms. The van der Waals surface area contributed by atoms with Gasteiger partial charge in [-0.15, -0.1) is 0 Å². The minimum absolute atomic E-state index is 0.0487. The Morgan fingerprint density at radius 2 is 1.85 bits per heavy atom. The Bertz CT molecular complexity index is 883. The second kappa shape index (κ2) is 7.37. The first kappa shape index (κ1) is 18.3. The van der Waals surface area contributed by atoms with Crippen LogP contribution in [-0.4, -0.2) is 33.2 Å². The molecule has 6 nitrogen and oxygen atoms in total. The maximum Gasteiger partial charge on any atom is 0.263 e. The molecule has 1 N–H and O–H groups in total. The maximum absolute atomic E-state index is 12.8. The summed E-state index contributed by atoms with van der Waals surface area (Å²) in [5.74, 6) is 0.0564. The molecule has 0 bridgehead atoms. The Kier molecular flexibility index (Phi) is 5.18. The average molecular weight is 374 g/mol. The molecular weight excluding hydrogens is 352 g/mol. The molecule has 1 aliphatic rings. The van der Waals surface area contributed by atoms with E-state index in [0.29, 0.717) is 11.4 Å². The summed E-state index contributed by atoms with van der Waals surface area (Å²) in [5.41, 5.74) is 1.45. The molecule has 0 unspecified atom stereocenters. The zero-order valence-corrected chi connectivity index (χ0v) is 15.6. The lowest BCUT2D eigenvalue weighted by Gasteiger charge is -2.34. The van der Waals surface area contributed by atoms with E-state index in [1.807, 2.05) is 37.3 Å². The number of nitrogens with one attached hydrogen (secondary N) is 1. The third-order valence-electron chi connectivity index (χ3n) is 4.35. The minimum atomic E-state index is -3.52. The SMILES string of the molecule is CC[C@@H](NC(=O)[C@H]1CN(S(C)(=O)=O)c2ccccc2O1)c1ccccc1. The predicted octanol–water partition coefficient (Wildman–Crippen LogP) is 2.48. The number of hydrogen-bond donors (Lipinski definition) is 1. The highest BCUT2D eigenvalue weighted by molar-refractivity contribution is 7.92. The average Bonchev–Trinajstić information content (AvgIpc) is 2.65. The van der Waals surface area contributed by atoms with Crippen molar-refractivity contribution in [3.05, 3.63) is 60.2 Å². The smallest absolute Gasteiger partial charge is 0.263 e. The molecule has 0 spiro atoms. The Morgan fingerprint density at radius 1 is 1.19 bits per heavy atom. The second-order valence-corrected chi connectivity index (χ2v) is 8.16. The van der Waals surface area contributed by atoms with E-state index in [0.717, 1.165) is 18.2 Å². The van der Waals surface area contributed by atoms with Gasteiger partial charge in [0.1, 0.15) is 5.75 Å². The summed E-state index contributed by atoms with van der Waals surface area (Å²) in [6.45, 7) is 1.94. The van der Waals surface area contributed by atoms with Gasteiger partial charge < -0.3 is 10.1 Å². The number of ether oxygens (including phenoxy) is 1. The highest BCUT2D eigenvalue weighted by atomic mass is 32.2. The number of hydrogen-bond acceptors (Lipinski definition) is 4.